The highest BCUT2D eigenvalue weighted by Crippen LogP contribution is 2.49. The molecular formula is C35H34FN2O2+. The first-order valence-corrected chi connectivity index (χ1v) is 14.4. The van der Waals surface area contributed by atoms with E-state index in [1.807, 2.05) is 6.07 Å². The molecule has 0 saturated heterocycles. The molecule has 7 rings (SSSR count). The van der Waals surface area contributed by atoms with E-state index in [0.717, 1.165) is 38.0 Å². The monoisotopic (exact) mass is 533 g/mol. The van der Waals surface area contributed by atoms with Crippen molar-refractivity contribution < 1.29 is 18.4 Å². The molecule has 2 atom stereocenters. The fourth-order valence-electron chi connectivity index (χ4n) is 7.41. The van der Waals surface area contributed by atoms with Gasteiger partial charge in [-0.3, -0.25) is 4.79 Å². The minimum atomic E-state index is -0.292. The van der Waals surface area contributed by atoms with Gasteiger partial charge in [-0.1, -0.05) is 78.9 Å². The van der Waals surface area contributed by atoms with Gasteiger partial charge in [-0.2, -0.15) is 0 Å². The third-order valence-electron chi connectivity index (χ3n) is 9.33. The second-order valence-corrected chi connectivity index (χ2v) is 11.5. The van der Waals surface area contributed by atoms with E-state index in [4.69, 9.17) is 4.74 Å². The molecule has 4 nitrogen and oxygen atoms in total. The summed E-state index contributed by atoms with van der Waals surface area (Å²) in [6.07, 6.45) is 3.70. The van der Waals surface area contributed by atoms with Crippen molar-refractivity contribution in [3.63, 3.8) is 0 Å². The minimum Gasteiger partial charge on any atom is -0.492 e. The predicted molar refractivity (Wildman–Crippen MR) is 154 cm³/mol. The third-order valence-corrected chi connectivity index (χ3v) is 9.33. The minimum absolute atomic E-state index is 0.0310. The van der Waals surface area contributed by atoms with E-state index in [9.17, 15) is 9.18 Å². The number of nitrogens with one attached hydrogen (secondary N) is 1. The molecule has 2 unspecified atom stereocenters. The number of fused-ring (bicyclic) bond motifs is 3. The smallest absolute Gasteiger partial charge is 0.275 e. The number of para-hydroxylation sites is 1. The van der Waals surface area contributed by atoms with Gasteiger partial charge in [0, 0.05) is 43.4 Å². The number of rotatable bonds is 6. The average molecular weight is 534 g/mol. The van der Waals surface area contributed by atoms with Crippen LogP contribution in [-0.4, -0.2) is 36.1 Å². The van der Waals surface area contributed by atoms with Crippen LogP contribution < -0.4 is 10.1 Å². The van der Waals surface area contributed by atoms with Gasteiger partial charge in [0.05, 0.1) is 24.8 Å². The molecule has 2 heterocycles. The summed E-state index contributed by atoms with van der Waals surface area (Å²) in [4.78, 5) is 13.9. The van der Waals surface area contributed by atoms with Crippen LogP contribution in [0.2, 0.25) is 0 Å². The molecule has 0 saturated carbocycles. The number of nitrogens with zero attached hydrogens (tertiary/aromatic N) is 1. The Labute approximate surface area is 235 Å². The molecule has 3 aliphatic rings. The van der Waals surface area contributed by atoms with Crippen LogP contribution in [-0.2, 0) is 37.0 Å². The molecule has 1 N–H and O–H groups in total. The average Bonchev–Trinajstić information content (AvgIpc) is 3.64. The highest BCUT2D eigenvalue weighted by atomic mass is 19.1. The normalized spacial score (nSPS) is 21.3. The van der Waals surface area contributed by atoms with Gasteiger partial charge in [0.15, 0.2) is 6.54 Å². The van der Waals surface area contributed by atoms with Crippen molar-refractivity contribution in [1.29, 1.82) is 0 Å². The number of hydrogen-bond acceptors (Lipinski definition) is 2. The predicted octanol–water partition coefficient (Wildman–Crippen LogP) is 5.71. The summed E-state index contributed by atoms with van der Waals surface area (Å²) in [6.45, 7) is 2.06. The van der Waals surface area contributed by atoms with E-state index >= 15 is 0 Å². The molecular weight excluding hydrogens is 499 g/mol. The Kier molecular flexibility index (Phi) is 6.39. The van der Waals surface area contributed by atoms with Crippen LogP contribution in [0.5, 0.6) is 5.75 Å². The zero-order valence-corrected chi connectivity index (χ0v) is 22.6. The Morgan fingerprint density at radius 2 is 1.48 bits per heavy atom. The van der Waals surface area contributed by atoms with Crippen molar-refractivity contribution in [3.05, 3.63) is 136 Å². The molecule has 5 heteroatoms. The van der Waals surface area contributed by atoms with Gasteiger partial charge in [0.2, 0.25) is 0 Å². The lowest BCUT2D eigenvalue weighted by Crippen LogP contribution is -2.64. The van der Waals surface area contributed by atoms with Gasteiger partial charge >= 0.3 is 0 Å². The lowest BCUT2D eigenvalue weighted by Gasteiger charge is -2.52. The first-order chi connectivity index (χ1) is 19.6. The molecule has 202 valence electrons. The van der Waals surface area contributed by atoms with Crippen LogP contribution >= 0.6 is 0 Å². The molecule has 1 aliphatic carbocycles. The van der Waals surface area contributed by atoms with Crippen molar-refractivity contribution >= 4 is 5.91 Å². The maximum atomic E-state index is 14.4. The number of ether oxygens (including phenoxy) is 1. The summed E-state index contributed by atoms with van der Waals surface area (Å²) in [5.41, 5.74) is 8.32. The second-order valence-electron chi connectivity index (χ2n) is 11.5. The highest BCUT2D eigenvalue weighted by molar-refractivity contribution is 5.77. The fourth-order valence-corrected chi connectivity index (χ4v) is 7.41. The van der Waals surface area contributed by atoms with Gasteiger partial charge in [-0.15, -0.1) is 0 Å². The van der Waals surface area contributed by atoms with Crippen molar-refractivity contribution in [2.24, 2.45) is 0 Å². The Bertz CT molecular complexity index is 1560. The largest absolute Gasteiger partial charge is 0.492 e. The van der Waals surface area contributed by atoms with E-state index in [1.54, 1.807) is 12.1 Å². The Morgan fingerprint density at radius 1 is 0.800 bits per heavy atom. The summed E-state index contributed by atoms with van der Waals surface area (Å²) in [6, 6.07) is 30.8. The molecule has 0 bridgehead atoms. The molecule has 4 aromatic rings. The van der Waals surface area contributed by atoms with Crippen molar-refractivity contribution in [1.82, 2.24) is 5.32 Å². The van der Waals surface area contributed by atoms with Gasteiger partial charge < -0.3 is 14.5 Å². The molecule has 40 heavy (non-hydrogen) atoms. The number of hydrogen-bond donors (Lipinski definition) is 1. The number of benzene rings is 4. The van der Waals surface area contributed by atoms with Crippen molar-refractivity contribution in [3.8, 4) is 5.75 Å². The number of quaternary nitrogens is 1. The molecule has 2 aliphatic heterocycles. The lowest BCUT2D eigenvalue weighted by atomic mass is 9.82. The highest BCUT2D eigenvalue weighted by Gasteiger charge is 2.52. The number of carbonyl (C=O) groups is 1. The quantitative estimate of drug-likeness (QED) is 0.323. The summed E-state index contributed by atoms with van der Waals surface area (Å²) in [5.74, 6) is 0.658. The van der Waals surface area contributed by atoms with E-state index in [1.165, 1.54) is 39.4 Å². The molecule has 0 spiro atoms. The Morgan fingerprint density at radius 3 is 2.27 bits per heavy atom. The molecule has 1 amide bonds. The van der Waals surface area contributed by atoms with Crippen LogP contribution in [0.3, 0.4) is 0 Å². The summed E-state index contributed by atoms with van der Waals surface area (Å²) < 4.78 is 21.3. The van der Waals surface area contributed by atoms with Crippen LogP contribution in [0.4, 0.5) is 4.39 Å². The van der Waals surface area contributed by atoms with Crippen molar-refractivity contribution in [2.45, 2.75) is 44.3 Å². The van der Waals surface area contributed by atoms with E-state index in [2.05, 4.69) is 72.0 Å². The lowest BCUT2D eigenvalue weighted by molar-refractivity contribution is -0.968. The summed E-state index contributed by atoms with van der Waals surface area (Å²) in [7, 11) is 0. The van der Waals surface area contributed by atoms with Crippen molar-refractivity contribution in [2.75, 3.05) is 19.7 Å². The van der Waals surface area contributed by atoms with E-state index in [-0.39, 0.29) is 30.4 Å². The summed E-state index contributed by atoms with van der Waals surface area (Å²) in [5, 5.41) is 3.08. The molecule has 0 radical (unpaired) electrons. The number of carbonyl (C=O) groups excluding carboxylic acids is 1. The third kappa shape index (κ3) is 4.29. The van der Waals surface area contributed by atoms with Gasteiger partial charge in [0.1, 0.15) is 17.6 Å². The van der Waals surface area contributed by atoms with Crippen LogP contribution in [0, 0.1) is 5.82 Å². The standard InChI is InChI=1S/C35H33FN2O2/c36-32-15-6-4-11-28(32)22-37-33(39)23-38(29-20-26-9-1-2-10-27(26)21-29)18-16-24-8-3-5-13-30(24)34(38)31-14-7-12-25-17-19-40-35(25)31/h1-15,29,34H,16-23H2/p+1. The van der Waals surface area contributed by atoms with Crippen LogP contribution in [0.25, 0.3) is 0 Å². The Balaban J connectivity index is 1.33. The van der Waals surface area contributed by atoms with Gasteiger partial charge in [-0.05, 0) is 34.4 Å². The van der Waals surface area contributed by atoms with Crippen LogP contribution in [0.1, 0.15) is 45.0 Å². The zero-order valence-electron chi connectivity index (χ0n) is 22.6. The first-order valence-electron chi connectivity index (χ1n) is 14.4. The SMILES string of the molecule is O=C(C[N+]1(C2Cc3ccccc3C2)CCc2ccccc2C1c1cccc2c1OCC2)NCc1ccccc1F. The Hall–Kier alpha value is -3.96. The van der Waals surface area contributed by atoms with Gasteiger partial charge in [0.25, 0.3) is 5.91 Å². The van der Waals surface area contributed by atoms with E-state index < -0.39 is 0 Å². The topological polar surface area (TPSA) is 38.3 Å². The molecule has 0 fully saturated rings. The van der Waals surface area contributed by atoms with Gasteiger partial charge in [-0.25, -0.2) is 4.39 Å². The maximum absolute atomic E-state index is 14.4. The van der Waals surface area contributed by atoms with Crippen LogP contribution in [0.15, 0.2) is 91.0 Å². The maximum Gasteiger partial charge on any atom is 0.275 e. The summed E-state index contributed by atoms with van der Waals surface area (Å²) >= 11 is 0. The number of amides is 1. The first kappa shape index (κ1) is 25.0. The van der Waals surface area contributed by atoms with E-state index in [0.29, 0.717) is 23.2 Å². The zero-order chi connectivity index (χ0) is 27.1. The molecule has 4 aromatic carbocycles. The fraction of sp³-hybridized carbons (Fsp3) is 0.286. The second kappa shape index (κ2) is 10.2. The molecule has 0 aromatic heterocycles. The number of halogens is 1.